The van der Waals surface area contributed by atoms with Crippen LogP contribution in [0.1, 0.15) is 30.6 Å². The molecule has 0 saturated heterocycles. The summed E-state index contributed by atoms with van der Waals surface area (Å²) in [5.74, 6) is -0.0113. The van der Waals surface area contributed by atoms with E-state index in [-0.39, 0.29) is 11.9 Å². The van der Waals surface area contributed by atoms with Crippen LogP contribution in [-0.4, -0.2) is 44.0 Å². The second-order valence-electron chi connectivity index (χ2n) is 5.04. The van der Waals surface area contributed by atoms with Gasteiger partial charge in [0.2, 0.25) is 0 Å². The molecule has 0 bridgehead atoms. The highest BCUT2D eigenvalue weighted by atomic mass is 16.1. The van der Waals surface area contributed by atoms with Crippen LogP contribution in [0.5, 0.6) is 0 Å². The molecule has 1 unspecified atom stereocenters. The Morgan fingerprint density at radius 1 is 1.32 bits per heavy atom. The zero-order chi connectivity index (χ0) is 14.3. The Balaban J connectivity index is 2.62. The number of carbonyl (C=O) groups is 1. The smallest absolute Gasteiger partial charge is 0.253 e. The molecule has 1 rings (SSSR count). The minimum Gasteiger partial charge on any atom is -0.385 e. The molecule has 1 aromatic rings. The largest absolute Gasteiger partial charge is 0.385 e. The summed E-state index contributed by atoms with van der Waals surface area (Å²) in [4.78, 5) is 14.4. The summed E-state index contributed by atoms with van der Waals surface area (Å²) < 4.78 is 0. The standard InChI is InChI=1S/C15H25N3O/c1-5-16-14-9-7-6-8-13(14)15(19)17-12(2)10-11-18(3)4/h6-9,12,16H,5,10-11H2,1-4H3,(H,17,19). The second-order valence-corrected chi connectivity index (χ2v) is 5.04. The minimum atomic E-state index is -0.0113. The van der Waals surface area contributed by atoms with Gasteiger partial charge < -0.3 is 15.5 Å². The Kier molecular flexibility index (Phi) is 6.36. The normalized spacial score (nSPS) is 12.3. The van der Waals surface area contributed by atoms with Crippen LogP contribution in [0.4, 0.5) is 5.69 Å². The molecule has 1 amide bonds. The number of benzene rings is 1. The van der Waals surface area contributed by atoms with Crippen molar-refractivity contribution in [1.82, 2.24) is 10.2 Å². The Labute approximate surface area is 116 Å². The van der Waals surface area contributed by atoms with E-state index in [1.165, 1.54) is 0 Å². The average molecular weight is 263 g/mol. The van der Waals surface area contributed by atoms with Gasteiger partial charge in [-0.05, 0) is 53.0 Å². The molecule has 4 heteroatoms. The first-order valence-electron chi connectivity index (χ1n) is 6.83. The lowest BCUT2D eigenvalue weighted by Crippen LogP contribution is -2.35. The fourth-order valence-electron chi connectivity index (χ4n) is 1.85. The van der Waals surface area contributed by atoms with E-state index in [9.17, 15) is 4.79 Å². The number of amides is 1. The van der Waals surface area contributed by atoms with Gasteiger partial charge in [0.25, 0.3) is 5.91 Å². The second kappa shape index (κ2) is 7.79. The fraction of sp³-hybridized carbons (Fsp3) is 0.533. The van der Waals surface area contributed by atoms with E-state index in [1.54, 1.807) is 0 Å². The van der Waals surface area contributed by atoms with Crippen LogP contribution in [0.3, 0.4) is 0 Å². The SMILES string of the molecule is CCNc1ccccc1C(=O)NC(C)CCN(C)C. The van der Waals surface area contributed by atoms with Crippen LogP contribution >= 0.6 is 0 Å². The molecular formula is C15H25N3O. The van der Waals surface area contributed by atoms with Crippen molar-refractivity contribution in [2.24, 2.45) is 0 Å². The molecule has 1 atom stereocenters. The third-order valence-corrected chi connectivity index (χ3v) is 2.93. The highest BCUT2D eigenvalue weighted by molar-refractivity contribution is 5.99. The zero-order valence-corrected chi connectivity index (χ0v) is 12.4. The Hall–Kier alpha value is -1.55. The van der Waals surface area contributed by atoms with E-state index in [1.807, 2.05) is 52.2 Å². The lowest BCUT2D eigenvalue weighted by molar-refractivity contribution is 0.0937. The molecule has 0 aliphatic carbocycles. The highest BCUT2D eigenvalue weighted by Crippen LogP contribution is 2.14. The first-order chi connectivity index (χ1) is 9.04. The van der Waals surface area contributed by atoms with Crippen LogP contribution in [0.25, 0.3) is 0 Å². The molecular weight excluding hydrogens is 238 g/mol. The van der Waals surface area contributed by atoms with Crippen LogP contribution in [0.15, 0.2) is 24.3 Å². The third-order valence-electron chi connectivity index (χ3n) is 2.93. The highest BCUT2D eigenvalue weighted by Gasteiger charge is 2.13. The van der Waals surface area contributed by atoms with Gasteiger partial charge in [-0.3, -0.25) is 4.79 Å². The quantitative estimate of drug-likeness (QED) is 0.792. The summed E-state index contributed by atoms with van der Waals surface area (Å²) in [5.41, 5.74) is 1.60. The molecule has 2 N–H and O–H groups in total. The predicted molar refractivity (Wildman–Crippen MR) is 80.7 cm³/mol. The minimum absolute atomic E-state index is 0.0113. The van der Waals surface area contributed by atoms with E-state index in [0.717, 1.165) is 25.2 Å². The molecule has 0 spiro atoms. The average Bonchev–Trinajstić information content (AvgIpc) is 2.37. The molecule has 0 fully saturated rings. The van der Waals surface area contributed by atoms with Gasteiger partial charge in [0.1, 0.15) is 0 Å². The maximum Gasteiger partial charge on any atom is 0.253 e. The molecule has 0 heterocycles. The van der Waals surface area contributed by atoms with E-state index in [0.29, 0.717) is 5.56 Å². The van der Waals surface area contributed by atoms with Crippen molar-refractivity contribution in [3.63, 3.8) is 0 Å². The van der Waals surface area contributed by atoms with Gasteiger partial charge in [-0.1, -0.05) is 12.1 Å². The zero-order valence-electron chi connectivity index (χ0n) is 12.4. The maximum atomic E-state index is 12.2. The van der Waals surface area contributed by atoms with Crippen molar-refractivity contribution in [2.45, 2.75) is 26.3 Å². The molecule has 19 heavy (non-hydrogen) atoms. The topological polar surface area (TPSA) is 44.4 Å². The van der Waals surface area contributed by atoms with Gasteiger partial charge in [-0.25, -0.2) is 0 Å². The van der Waals surface area contributed by atoms with Crippen LogP contribution in [0.2, 0.25) is 0 Å². The monoisotopic (exact) mass is 263 g/mol. The number of nitrogens with one attached hydrogen (secondary N) is 2. The number of para-hydroxylation sites is 1. The number of carbonyl (C=O) groups excluding carboxylic acids is 1. The Morgan fingerprint density at radius 3 is 2.63 bits per heavy atom. The lowest BCUT2D eigenvalue weighted by atomic mass is 10.1. The van der Waals surface area contributed by atoms with Gasteiger partial charge in [0.15, 0.2) is 0 Å². The van der Waals surface area contributed by atoms with Crippen molar-refractivity contribution in [1.29, 1.82) is 0 Å². The van der Waals surface area contributed by atoms with E-state index in [2.05, 4.69) is 15.5 Å². The molecule has 0 aliphatic heterocycles. The predicted octanol–water partition coefficient (Wildman–Crippen LogP) is 2.19. The van der Waals surface area contributed by atoms with Crippen molar-refractivity contribution in [2.75, 3.05) is 32.5 Å². The van der Waals surface area contributed by atoms with Crippen molar-refractivity contribution < 1.29 is 4.79 Å². The van der Waals surface area contributed by atoms with Gasteiger partial charge >= 0.3 is 0 Å². The van der Waals surface area contributed by atoms with Crippen molar-refractivity contribution in [3.8, 4) is 0 Å². The number of anilines is 1. The van der Waals surface area contributed by atoms with Gasteiger partial charge in [0, 0.05) is 18.3 Å². The van der Waals surface area contributed by atoms with Gasteiger partial charge in [0.05, 0.1) is 5.56 Å². The Bertz CT molecular complexity index is 404. The van der Waals surface area contributed by atoms with Crippen LogP contribution in [0, 0.1) is 0 Å². The number of nitrogens with zero attached hydrogens (tertiary/aromatic N) is 1. The van der Waals surface area contributed by atoms with E-state index < -0.39 is 0 Å². The number of hydrogen-bond donors (Lipinski definition) is 2. The summed E-state index contributed by atoms with van der Waals surface area (Å²) in [7, 11) is 4.07. The first-order valence-corrected chi connectivity index (χ1v) is 6.83. The summed E-state index contributed by atoms with van der Waals surface area (Å²) in [5, 5.41) is 6.26. The fourth-order valence-corrected chi connectivity index (χ4v) is 1.85. The van der Waals surface area contributed by atoms with E-state index in [4.69, 9.17) is 0 Å². The number of hydrogen-bond acceptors (Lipinski definition) is 3. The summed E-state index contributed by atoms with van der Waals surface area (Å²) in [6.45, 7) is 5.84. The Morgan fingerprint density at radius 2 is 2.00 bits per heavy atom. The van der Waals surface area contributed by atoms with Gasteiger partial charge in [-0.2, -0.15) is 0 Å². The summed E-state index contributed by atoms with van der Waals surface area (Å²) >= 11 is 0. The van der Waals surface area contributed by atoms with E-state index >= 15 is 0 Å². The molecule has 4 nitrogen and oxygen atoms in total. The summed E-state index contributed by atoms with van der Waals surface area (Å²) in [6, 6.07) is 7.78. The first kappa shape index (κ1) is 15.5. The molecule has 0 aromatic heterocycles. The van der Waals surface area contributed by atoms with Crippen LogP contribution < -0.4 is 10.6 Å². The summed E-state index contributed by atoms with van der Waals surface area (Å²) in [6.07, 6.45) is 0.947. The van der Waals surface area contributed by atoms with Crippen LogP contribution in [-0.2, 0) is 0 Å². The molecule has 1 aromatic carbocycles. The molecule has 0 saturated carbocycles. The molecule has 0 aliphatic rings. The number of rotatable bonds is 7. The molecule has 0 radical (unpaired) electrons. The van der Waals surface area contributed by atoms with Crippen molar-refractivity contribution in [3.05, 3.63) is 29.8 Å². The van der Waals surface area contributed by atoms with Gasteiger partial charge in [-0.15, -0.1) is 0 Å². The molecule has 106 valence electrons. The third kappa shape index (κ3) is 5.30. The maximum absolute atomic E-state index is 12.2. The lowest BCUT2D eigenvalue weighted by Gasteiger charge is -2.18. The van der Waals surface area contributed by atoms with Crippen molar-refractivity contribution >= 4 is 11.6 Å².